The Morgan fingerprint density at radius 2 is 2.20 bits per heavy atom. The SMILES string of the molecule is CN(C)CCn1ccc2ccsc2c1=O. The lowest BCUT2D eigenvalue weighted by Crippen LogP contribution is -2.25. The predicted octanol–water partition coefficient (Wildman–Crippen LogP) is 1.62. The molecule has 0 atom stereocenters. The van der Waals surface area contributed by atoms with Gasteiger partial charge in [-0.15, -0.1) is 11.3 Å². The number of pyridine rings is 1. The molecule has 4 heteroatoms. The standard InChI is InChI=1S/C11H14N2OS/c1-12(2)6-7-13-5-3-9-4-8-15-10(9)11(13)14/h3-5,8H,6-7H2,1-2H3. The highest BCUT2D eigenvalue weighted by Gasteiger charge is 2.03. The van der Waals surface area contributed by atoms with Crippen molar-refractivity contribution in [2.24, 2.45) is 0 Å². The normalized spacial score (nSPS) is 11.4. The zero-order valence-corrected chi connectivity index (χ0v) is 9.75. The molecule has 0 spiro atoms. The summed E-state index contributed by atoms with van der Waals surface area (Å²) in [7, 11) is 4.02. The highest BCUT2D eigenvalue weighted by atomic mass is 32.1. The van der Waals surface area contributed by atoms with Crippen molar-refractivity contribution in [1.82, 2.24) is 9.47 Å². The van der Waals surface area contributed by atoms with Crippen LogP contribution < -0.4 is 5.56 Å². The molecule has 2 heterocycles. The van der Waals surface area contributed by atoms with Gasteiger partial charge >= 0.3 is 0 Å². The summed E-state index contributed by atoms with van der Waals surface area (Å²) < 4.78 is 2.63. The number of thiophene rings is 1. The predicted molar refractivity (Wildman–Crippen MR) is 64.6 cm³/mol. The van der Waals surface area contributed by atoms with Gasteiger partial charge in [0, 0.05) is 19.3 Å². The first kappa shape index (κ1) is 10.4. The summed E-state index contributed by atoms with van der Waals surface area (Å²) in [5, 5.41) is 3.01. The summed E-state index contributed by atoms with van der Waals surface area (Å²) in [6.45, 7) is 1.64. The van der Waals surface area contributed by atoms with Crippen molar-refractivity contribution in [3.05, 3.63) is 34.1 Å². The fraction of sp³-hybridized carbons (Fsp3) is 0.364. The minimum atomic E-state index is 0.129. The van der Waals surface area contributed by atoms with Crippen molar-refractivity contribution in [1.29, 1.82) is 0 Å². The van der Waals surface area contributed by atoms with E-state index in [1.807, 2.05) is 37.8 Å². The second kappa shape index (κ2) is 4.16. The van der Waals surface area contributed by atoms with Crippen LogP contribution >= 0.6 is 11.3 Å². The Morgan fingerprint density at radius 3 is 2.93 bits per heavy atom. The summed E-state index contributed by atoms with van der Waals surface area (Å²) in [6, 6.07) is 3.99. The number of fused-ring (bicyclic) bond motifs is 1. The van der Waals surface area contributed by atoms with E-state index in [1.54, 1.807) is 4.57 Å². The monoisotopic (exact) mass is 222 g/mol. The fourth-order valence-electron chi connectivity index (χ4n) is 1.48. The summed E-state index contributed by atoms with van der Waals surface area (Å²) in [4.78, 5) is 14.0. The van der Waals surface area contributed by atoms with Gasteiger partial charge in [0.25, 0.3) is 5.56 Å². The lowest BCUT2D eigenvalue weighted by Gasteiger charge is -2.10. The van der Waals surface area contributed by atoms with Crippen LogP contribution in [-0.2, 0) is 6.54 Å². The molecule has 15 heavy (non-hydrogen) atoms. The van der Waals surface area contributed by atoms with Crippen LogP contribution in [0.2, 0.25) is 0 Å². The minimum absolute atomic E-state index is 0.129. The van der Waals surface area contributed by atoms with Gasteiger partial charge in [0.15, 0.2) is 0 Å². The van der Waals surface area contributed by atoms with Crippen LogP contribution in [0.1, 0.15) is 0 Å². The molecular formula is C11H14N2OS. The van der Waals surface area contributed by atoms with E-state index in [0.717, 1.165) is 23.2 Å². The summed E-state index contributed by atoms with van der Waals surface area (Å²) in [5.41, 5.74) is 0.129. The Bertz CT molecular complexity index is 513. The maximum absolute atomic E-state index is 12.0. The van der Waals surface area contributed by atoms with Crippen molar-refractivity contribution in [2.75, 3.05) is 20.6 Å². The Hall–Kier alpha value is -1.13. The average molecular weight is 222 g/mol. The molecule has 0 fully saturated rings. The molecule has 80 valence electrons. The van der Waals surface area contributed by atoms with Crippen LogP contribution in [0.15, 0.2) is 28.5 Å². The number of likely N-dealkylation sites (N-methyl/N-ethyl adjacent to an activating group) is 1. The molecule has 3 nitrogen and oxygen atoms in total. The molecule has 0 aliphatic rings. The number of hydrogen-bond acceptors (Lipinski definition) is 3. The summed E-state index contributed by atoms with van der Waals surface area (Å²) in [5.74, 6) is 0. The zero-order chi connectivity index (χ0) is 10.8. The molecule has 0 N–H and O–H groups in total. The van der Waals surface area contributed by atoms with Gasteiger partial charge in [-0.3, -0.25) is 4.79 Å². The number of aromatic nitrogens is 1. The quantitative estimate of drug-likeness (QED) is 0.788. The van der Waals surface area contributed by atoms with E-state index in [1.165, 1.54) is 11.3 Å². The van der Waals surface area contributed by atoms with E-state index < -0.39 is 0 Å². The van der Waals surface area contributed by atoms with Crippen LogP contribution in [0.3, 0.4) is 0 Å². The van der Waals surface area contributed by atoms with Crippen molar-refractivity contribution < 1.29 is 0 Å². The molecule has 2 rings (SSSR count). The van der Waals surface area contributed by atoms with Gasteiger partial charge in [-0.2, -0.15) is 0 Å². The van der Waals surface area contributed by atoms with Gasteiger partial charge in [-0.25, -0.2) is 0 Å². The fourth-order valence-corrected chi connectivity index (χ4v) is 2.32. The Morgan fingerprint density at radius 1 is 1.40 bits per heavy atom. The third-order valence-corrected chi connectivity index (χ3v) is 3.29. The van der Waals surface area contributed by atoms with Crippen LogP contribution in [-0.4, -0.2) is 30.1 Å². The third kappa shape index (κ3) is 2.11. The Kier molecular flexibility index (Phi) is 2.88. The van der Waals surface area contributed by atoms with Crippen molar-refractivity contribution >= 4 is 21.4 Å². The minimum Gasteiger partial charge on any atom is -0.313 e. The molecule has 0 bridgehead atoms. The van der Waals surface area contributed by atoms with E-state index >= 15 is 0 Å². The molecule has 2 aromatic heterocycles. The van der Waals surface area contributed by atoms with E-state index in [-0.39, 0.29) is 5.56 Å². The van der Waals surface area contributed by atoms with E-state index in [0.29, 0.717) is 0 Å². The van der Waals surface area contributed by atoms with Gasteiger partial charge in [0.05, 0.1) is 4.70 Å². The molecule has 0 saturated heterocycles. The Labute approximate surface area is 92.6 Å². The van der Waals surface area contributed by atoms with E-state index in [4.69, 9.17) is 0 Å². The van der Waals surface area contributed by atoms with E-state index in [9.17, 15) is 4.79 Å². The zero-order valence-electron chi connectivity index (χ0n) is 8.93. The Balaban J connectivity index is 2.36. The molecule has 0 aromatic carbocycles. The van der Waals surface area contributed by atoms with Gasteiger partial charge in [0.2, 0.25) is 0 Å². The van der Waals surface area contributed by atoms with Gasteiger partial charge in [-0.05, 0) is 37.0 Å². The van der Waals surface area contributed by atoms with Crippen molar-refractivity contribution in [2.45, 2.75) is 6.54 Å². The highest BCUT2D eigenvalue weighted by molar-refractivity contribution is 7.17. The molecule has 0 unspecified atom stereocenters. The van der Waals surface area contributed by atoms with E-state index in [2.05, 4.69) is 4.90 Å². The van der Waals surface area contributed by atoms with Crippen LogP contribution in [0.25, 0.3) is 10.1 Å². The van der Waals surface area contributed by atoms with Crippen LogP contribution in [0, 0.1) is 0 Å². The summed E-state index contributed by atoms with van der Waals surface area (Å²) in [6.07, 6.45) is 1.88. The summed E-state index contributed by atoms with van der Waals surface area (Å²) >= 11 is 1.52. The number of hydrogen-bond donors (Lipinski definition) is 0. The van der Waals surface area contributed by atoms with Crippen molar-refractivity contribution in [3.8, 4) is 0 Å². The first-order valence-electron chi connectivity index (χ1n) is 4.90. The maximum Gasteiger partial charge on any atom is 0.268 e. The molecule has 2 aromatic rings. The average Bonchev–Trinajstić information content (AvgIpc) is 2.65. The molecule has 0 amide bonds. The second-order valence-corrected chi connectivity index (χ2v) is 4.74. The first-order chi connectivity index (χ1) is 7.18. The number of nitrogens with zero attached hydrogens (tertiary/aromatic N) is 2. The molecule has 0 saturated carbocycles. The number of rotatable bonds is 3. The molecule has 0 radical (unpaired) electrons. The van der Waals surface area contributed by atoms with Gasteiger partial charge in [0.1, 0.15) is 0 Å². The molecule has 0 aliphatic carbocycles. The van der Waals surface area contributed by atoms with Gasteiger partial charge in [-0.1, -0.05) is 0 Å². The molecule has 0 aliphatic heterocycles. The second-order valence-electron chi connectivity index (χ2n) is 3.82. The van der Waals surface area contributed by atoms with Gasteiger partial charge < -0.3 is 9.47 Å². The first-order valence-corrected chi connectivity index (χ1v) is 5.78. The topological polar surface area (TPSA) is 25.2 Å². The lowest BCUT2D eigenvalue weighted by molar-refractivity contribution is 0.381. The highest BCUT2D eigenvalue weighted by Crippen LogP contribution is 2.15. The maximum atomic E-state index is 12.0. The van der Waals surface area contributed by atoms with Crippen LogP contribution in [0.4, 0.5) is 0 Å². The van der Waals surface area contributed by atoms with Crippen LogP contribution in [0.5, 0.6) is 0 Å². The third-order valence-electron chi connectivity index (χ3n) is 2.37. The van der Waals surface area contributed by atoms with Crippen molar-refractivity contribution in [3.63, 3.8) is 0 Å². The smallest absolute Gasteiger partial charge is 0.268 e. The largest absolute Gasteiger partial charge is 0.313 e. The molecular weight excluding hydrogens is 208 g/mol. The lowest BCUT2D eigenvalue weighted by atomic mass is 10.3.